The Labute approximate surface area is 107 Å². The third-order valence-corrected chi connectivity index (χ3v) is 3.75. The third-order valence-electron chi connectivity index (χ3n) is 3.20. The minimum absolute atomic E-state index is 0.290. The van der Waals surface area contributed by atoms with Gasteiger partial charge < -0.3 is 15.5 Å². The van der Waals surface area contributed by atoms with Gasteiger partial charge in [-0.25, -0.2) is 0 Å². The second-order valence-electron chi connectivity index (χ2n) is 5.02. The highest BCUT2D eigenvalue weighted by Gasteiger charge is 2.31. The van der Waals surface area contributed by atoms with Crippen LogP contribution in [0.15, 0.2) is 0 Å². The van der Waals surface area contributed by atoms with E-state index in [2.05, 4.69) is 0 Å². The van der Waals surface area contributed by atoms with Crippen molar-refractivity contribution in [1.29, 1.82) is 0 Å². The normalized spacial score (nSPS) is 17.6. The molecule has 1 rings (SSSR count). The van der Waals surface area contributed by atoms with Gasteiger partial charge in [0, 0.05) is 32.1 Å². The van der Waals surface area contributed by atoms with Crippen molar-refractivity contribution in [3.63, 3.8) is 0 Å². The summed E-state index contributed by atoms with van der Waals surface area (Å²) in [5, 5.41) is 0. The van der Waals surface area contributed by atoms with Crippen LogP contribution in [-0.4, -0.2) is 53.3 Å². The first-order chi connectivity index (χ1) is 7.75. The fourth-order valence-corrected chi connectivity index (χ4v) is 1.63. The molecule has 1 aliphatic heterocycles. The van der Waals surface area contributed by atoms with Crippen molar-refractivity contribution in [2.75, 3.05) is 26.7 Å². The molecule has 1 heterocycles. The predicted molar refractivity (Wildman–Crippen MR) is 69.4 cm³/mol. The number of amides is 2. The molecule has 0 aliphatic carbocycles. The van der Waals surface area contributed by atoms with E-state index in [1.54, 1.807) is 11.9 Å². The minimum atomic E-state index is -0.440. The Bertz CT molecular complexity index is 355. The van der Waals surface area contributed by atoms with Crippen LogP contribution >= 0.6 is 12.2 Å². The summed E-state index contributed by atoms with van der Waals surface area (Å²) in [7, 11) is 1.64. The molecule has 17 heavy (non-hydrogen) atoms. The van der Waals surface area contributed by atoms with Gasteiger partial charge in [0.05, 0.1) is 4.99 Å². The van der Waals surface area contributed by atoms with E-state index in [1.165, 1.54) is 4.90 Å². The van der Waals surface area contributed by atoms with Gasteiger partial charge in [-0.05, 0) is 6.42 Å². The largest absolute Gasteiger partial charge is 0.393 e. The Kier molecular flexibility index (Phi) is 4.08. The second kappa shape index (κ2) is 5.00. The Morgan fingerprint density at radius 3 is 2.47 bits per heavy atom. The van der Waals surface area contributed by atoms with Gasteiger partial charge in [-0.3, -0.25) is 9.59 Å². The van der Waals surface area contributed by atoms with Crippen LogP contribution in [0.5, 0.6) is 0 Å². The molecule has 0 atom stereocenters. The van der Waals surface area contributed by atoms with E-state index in [1.807, 2.05) is 13.8 Å². The summed E-state index contributed by atoms with van der Waals surface area (Å²) in [6.45, 7) is 5.56. The molecule has 0 saturated carbocycles. The van der Waals surface area contributed by atoms with E-state index in [9.17, 15) is 9.59 Å². The number of nitrogens with two attached hydrogens (primary N) is 1. The van der Waals surface area contributed by atoms with Gasteiger partial charge in [0.1, 0.15) is 0 Å². The minimum Gasteiger partial charge on any atom is -0.393 e. The summed E-state index contributed by atoms with van der Waals surface area (Å²) in [5.74, 6) is -0.873. The number of hydrogen-bond acceptors (Lipinski definition) is 3. The van der Waals surface area contributed by atoms with Crippen LogP contribution < -0.4 is 5.73 Å². The van der Waals surface area contributed by atoms with Crippen LogP contribution in [0.1, 0.15) is 20.3 Å². The van der Waals surface area contributed by atoms with Gasteiger partial charge in [0.25, 0.3) is 0 Å². The third kappa shape index (κ3) is 3.15. The maximum absolute atomic E-state index is 11.7. The van der Waals surface area contributed by atoms with E-state index in [0.717, 1.165) is 0 Å². The van der Waals surface area contributed by atoms with Gasteiger partial charge in [0.15, 0.2) is 0 Å². The number of carbonyl (C=O) groups excluding carboxylic acids is 2. The Hall–Kier alpha value is -1.17. The molecule has 0 spiro atoms. The highest BCUT2D eigenvalue weighted by molar-refractivity contribution is 7.80. The fraction of sp³-hybridized carbons (Fsp3) is 0.727. The average Bonchev–Trinajstić information content (AvgIpc) is 2.25. The maximum Gasteiger partial charge on any atom is 0.312 e. The van der Waals surface area contributed by atoms with Gasteiger partial charge >= 0.3 is 11.8 Å². The SMILES string of the molecule is CN1CCN(CCC(C)(C)C(N)=S)C(=O)C1=O. The van der Waals surface area contributed by atoms with E-state index >= 15 is 0 Å². The van der Waals surface area contributed by atoms with E-state index in [-0.39, 0.29) is 5.41 Å². The van der Waals surface area contributed by atoms with E-state index in [0.29, 0.717) is 31.0 Å². The van der Waals surface area contributed by atoms with Crippen molar-refractivity contribution in [3.8, 4) is 0 Å². The quantitative estimate of drug-likeness (QED) is 0.568. The molecule has 6 heteroatoms. The lowest BCUT2D eigenvalue weighted by molar-refractivity contribution is -0.155. The summed E-state index contributed by atoms with van der Waals surface area (Å²) in [6.07, 6.45) is 0.672. The molecule has 96 valence electrons. The first-order valence-corrected chi connectivity index (χ1v) is 6.01. The lowest BCUT2D eigenvalue weighted by Crippen LogP contribution is -2.53. The molecule has 0 aromatic heterocycles. The summed E-state index contributed by atoms with van der Waals surface area (Å²) < 4.78 is 0. The van der Waals surface area contributed by atoms with Crippen LogP contribution in [0.4, 0.5) is 0 Å². The summed E-state index contributed by atoms with van der Waals surface area (Å²) in [6, 6.07) is 0. The highest BCUT2D eigenvalue weighted by Crippen LogP contribution is 2.21. The van der Waals surface area contributed by atoms with Crippen molar-refractivity contribution < 1.29 is 9.59 Å². The molecule has 0 aromatic rings. The highest BCUT2D eigenvalue weighted by atomic mass is 32.1. The monoisotopic (exact) mass is 257 g/mol. The van der Waals surface area contributed by atoms with Gasteiger partial charge in [-0.15, -0.1) is 0 Å². The Morgan fingerprint density at radius 2 is 1.94 bits per heavy atom. The Morgan fingerprint density at radius 1 is 1.35 bits per heavy atom. The molecule has 2 amide bonds. The van der Waals surface area contributed by atoms with Crippen LogP contribution in [-0.2, 0) is 9.59 Å². The number of hydrogen-bond donors (Lipinski definition) is 1. The molecule has 1 saturated heterocycles. The van der Waals surface area contributed by atoms with Crippen molar-refractivity contribution in [1.82, 2.24) is 9.80 Å². The standard InChI is InChI=1S/C11H19N3O2S/c1-11(2,10(12)17)4-5-14-7-6-13(3)8(15)9(14)16/h4-7H2,1-3H3,(H2,12,17). The summed E-state index contributed by atoms with van der Waals surface area (Å²) >= 11 is 4.97. The maximum atomic E-state index is 11.7. The van der Waals surface area contributed by atoms with E-state index < -0.39 is 11.8 Å². The number of thiocarbonyl (C=S) groups is 1. The summed E-state index contributed by atoms with van der Waals surface area (Å²) in [4.78, 5) is 26.6. The number of rotatable bonds is 4. The molecule has 2 N–H and O–H groups in total. The smallest absolute Gasteiger partial charge is 0.312 e. The average molecular weight is 257 g/mol. The number of nitrogens with zero attached hydrogens (tertiary/aromatic N) is 2. The second-order valence-corrected chi connectivity index (χ2v) is 5.46. The van der Waals surface area contributed by atoms with Crippen LogP contribution in [0.3, 0.4) is 0 Å². The van der Waals surface area contributed by atoms with Crippen molar-refractivity contribution in [2.45, 2.75) is 20.3 Å². The number of piperazine rings is 1. The zero-order valence-corrected chi connectivity index (χ0v) is 11.3. The zero-order valence-electron chi connectivity index (χ0n) is 10.5. The van der Waals surface area contributed by atoms with Crippen molar-refractivity contribution in [3.05, 3.63) is 0 Å². The molecule has 1 fully saturated rings. The number of carbonyl (C=O) groups is 2. The topological polar surface area (TPSA) is 66.6 Å². The zero-order chi connectivity index (χ0) is 13.2. The molecule has 5 nitrogen and oxygen atoms in total. The summed E-state index contributed by atoms with van der Waals surface area (Å²) in [5.41, 5.74) is 5.33. The lowest BCUT2D eigenvalue weighted by Gasteiger charge is -2.33. The fourth-order valence-electron chi connectivity index (χ4n) is 1.52. The van der Waals surface area contributed by atoms with Crippen molar-refractivity contribution in [2.24, 2.45) is 11.1 Å². The molecule has 0 radical (unpaired) electrons. The molecule has 0 aromatic carbocycles. The van der Waals surface area contributed by atoms with Gasteiger partial charge in [-0.2, -0.15) is 0 Å². The van der Waals surface area contributed by atoms with E-state index in [4.69, 9.17) is 18.0 Å². The molecule has 0 bridgehead atoms. The predicted octanol–water partition coefficient (Wildman–Crippen LogP) is -0.0106. The Balaban J connectivity index is 2.56. The number of likely N-dealkylation sites (N-methyl/N-ethyl adjacent to an activating group) is 1. The van der Waals surface area contributed by atoms with Crippen molar-refractivity contribution >= 4 is 29.0 Å². The molecule has 1 aliphatic rings. The van der Waals surface area contributed by atoms with Gasteiger partial charge in [0.2, 0.25) is 0 Å². The van der Waals surface area contributed by atoms with Gasteiger partial charge in [-0.1, -0.05) is 26.1 Å². The van der Waals surface area contributed by atoms with Crippen LogP contribution in [0.25, 0.3) is 0 Å². The molecular weight excluding hydrogens is 238 g/mol. The van der Waals surface area contributed by atoms with Crippen LogP contribution in [0.2, 0.25) is 0 Å². The first kappa shape index (κ1) is 13.9. The molecular formula is C11H19N3O2S. The lowest BCUT2D eigenvalue weighted by atomic mass is 9.89. The molecule has 0 unspecified atom stereocenters. The first-order valence-electron chi connectivity index (χ1n) is 5.60. The van der Waals surface area contributed by atoms with Crippen LogP contribution in [0, 0.1) is 5.41 Å².